The van der Waals surface area contributed by atoms with Gasteiger partial charge in [0.15, 0.2) is 15.6 Å². The topological polar surface area (TPSA) is 71.4 Å². The quantitative estimate of drug-likeness (QED) is 0.871. The molecule has 0 aliphatic heterocycles. The molecule has 0 atom stereocenters. The zero-order valence-corrected chi connectivity index (χ0v) is 10.7. The maximum atomic E-state index is 11.6. The molecule has 0 fully saturated rings. The Hall–Kier alpha value is -1.36. The Morgan fingerprint density at radius 2 is 1.76 bits per heavy atom. The van der Waals surface area contributed by atoms with E-state index in [0.717, 1.165) is 12.0 Å². The van der Waals surface area contributed by atoms with Gasteiger partial charge in [-0.2, -0.15) is 0 Å². The van der Waals surface area contributed by atoms with Crippen LogP contribution in [0.3, 0.4) is 0 Å². The summed E-state index contributed by atoms with van der Waals surface area (Å²) < 4.78 is 23.2. The summed E-state index contributed by atoms with van der Waals surface area (Å²) in [6.45, 7) is 4.16. The van der Waals surface area contributed by atoms with Gasteiger partial charge in [-0.15, -0.1) is 0 Å². The summed E-state index contributed by atoms with van der Waals surface area (Å²) in [5.74, 6) is -1.70. The van der Waals surface area contributed by atoms with Gasteiger partial charge in [0.2, 0.25) is 0 Å². The van der Waals surface area contributed by atoms with Crippen LogP contribution in [0.1, 0.15) is 19.4 Å². The largest absolute Gasteiger partial charge is 0.480 e. The van der Waals surface area contributed by atoms with Gasteiger partial charge < -0.3 is 5.11 Å². The van der Waals surface area contributed by atoms with Crippen LogP contribution < -0.4 is 0 Å². The van der Waals surface area contributed by atoms with E-state index in [-0.39, 0.29) is 4.90 Å². The Bertz CT molecular complexity index is 486. The predicted molar refractivity (Wildman–Crippen MR) is 64.7 cm³/mol. The highest BCUT2D eigenvalue weighted by atomic mass is 32.2. The Morgan fingerprint density at radius 3 is 2.18 bits per heavy atom. The van der Waals surface area contributed by atoms with Crippen molar-refractivity contribution in [2.75, 3.05) is 5.75 Å². The maximum absolute atomic E-state index is 11.6. The highest BCUT2D eigenvalue weighted by Gasteiger charge is 2.18. The van der Waals surface area contributed by atoms with Crippen molar-refractivity contribution in [2.45, 2.75) is 25.2 Å². The molecule has 0 aliphatic carbocycles. The zero-order chi connectivity index (χ0) is 13.1. The highest BCUT2D eigenvalue weighted by molar-refractivity contribution is 7.92. The van der Waals surface area contributed by atoms with Gasteiger partial charge in [-0.1, -0.05) is 26.0 Å². The molecule has 1 N–H and O–H groups in total. The average Bonchev–Trinajstić information content (AvgIpc) is 2.15. The summed E-state index contributed by atoms with van der Waals surface area (Å²) in [5.41, 5.74) is 1.05. The van der Waals surface area contributed by atoms with Gasteiger partial charge >= 0.3 is 5.97 Å². The summed E-state index contributed by atoms with van der Waals surface area (Å²) in [7, 11) is -3.70. The number of hydrogen-bond donors (Lipinski definition) is 1. The van der Waals surface area contributed by atoms with Crippen LogP contribution in [0.5, 0.6) is 0 Å². The van der Waals surface area contributed by atoms with Crippen LogP contribution in [0.25, 0.3) is 0 Å². The molecule has 1 aromatic rings. The molecule has 0 aromatic heterocycles. The van der Waals surface area contributed by atoms with Crippen molar-refractivity contribution in [3.8, 4) is 0 Å². The molecule has 1 aromatic carbocycles. The molecule has 0 radical (unpaired) electrons. The number of hydrogen-bond acceptors (Lipinski definition) is 3. The first-order valence-electron chi connectivity index (χ1n) is 5.35. The van der Waals surface area contributed by atoms with Gasteiger partial charge in [-0.05, 0) is 30.0 Å². The van der Waals surface area contributed by atoms with E-state index in [1.807, 2.05) is 0 Å². The van der Waals surface area contributed by atoms with Gasteiger partial charge in [-0.25, -0.2) is 8.42 Å². The SMILES string of the molecule is CC(C)Cc1ccc(S(=O)(=O)CC(=O)O)cc1. The Labute approximate surface area is 101 Å². The van der Waals surface area contributed by atoms with Crippen LogP contribution in [0.15, 0.2) is 29.2 Å². The predicted octanol–water partition coefficient (Wildman–Crippen LogP) is 1.74. The number of carbonyl (C=O) groups is 1. The highest BCUT2D eigenvalue weighted by Crippen LogP contribution is 2.14. The second kappa shape index (κ2) is 5.31. The van der Waals surface area contributed by atoms with Gasteiger partial charge in [0.25, 0.3) is 0 Å². The molecule has 0 spiro atoms. The van der Waals surface area contributed by atoms with E-state index < -0.39 is 21.6 Å². The van der Waals surface area contributed by atoms with Crippen molar-refractivity contribution in [3.63, 3.8) is 0 Å². The first-order chi connectivity index (χ1) is 7.81. The van der Waals surface area contributed by atoms with Gasteiger partial charge in [0, 0.05) is 0 Å². The molecule has 1 rings (SSSR count). The Morgan fingerprint density at radius 1 is 1.24 bits per heavy atom. The third kappa shape index (κ3) is 4.19. The fraction of sp³-hybridized carbons (Fsp3) is 0.417. The molecular weight excluding hydrogens is 240 g/mol. The lowest BCUT2D eigenvalue weighted by molar-refractivity contribution is -0.134. The number of carboxylic acid groups (broad SMARTS) is 1. The van der Waals surface area contributed by atoms with E-state index in [9.17, 15) is 13.2 Å². The molecule has 94 valence electrons. The summed E-state index contributed by atoms with van der Waals surface area (Å²) in [5, 5.41) is 8.50. The molecular formula is C12H16O4S. The van der Waals surface area contributed by atoms with E-state index in [4.69, 9.17) is 5.11 Å². The molecule has 0 heterocycles. The second-order valence-corrected chi connectivity index (χ2v) is 6.38. The van der Waals surface area contributed by atoms with E-state index in [1.165, 1.54) is 12.1 Å². The van der Waals surface area contributed by atoms with E-state index in [0.29, 0.717) is 5.92 Å². The Kier molecular flexibility index (Phi) is 4.28. The standard InChI is InChI=1S/C12H16O4S/c1-9(2)7-10-3-5-11(6-4-10)17(15,16)8-12(13)14/h3-6,9H,7-8H2,1-2H3,(H,13,14). The third-order valence-corrected chi connectivity index (χ3v) is 3.86. The minimum atomic E-state index is -3.70. The summed E-state index contributed by atoms with van der Waals surface area (Å²) in [6, 6.07) is 6.40. The first-order valence-corrected chi connectivity index (χ1v) is 7.00. The molecule has 5 heteroatoms. The maximum Gasteiger partial charge on any atom is 0.319 e. The van der Waals surface area contributed by atoms with Crippen LogP contribution in [0, 0.1) is 5.92 Å². The molecule has 0 amide bonds. The van der Waals surface area contributed by atoms with Crippen LogP contribution in [-0.4, -0.2) is 25.2 Å². The van der Waals surface area contributed by atoms with Crippen LogP contribution in [0.4, 0.5) is 0 Å². The van der Waals surface area contributed by atoms with Crippen molar-refractivity contribution >= 4 is 15.8 Å². The van der Waals surface area contributed by atoms with E-state index in [1.54, 1.807) is 12.1 Å². The van der Waals surface area contributed by atoms with Crippen molar-refractivity contribution in [1.29, 1.82) is 0 Å². The molecule has 0 bridgehead atoms. The molecule has 17 heavy (non-hydrogen) atoms. The second-order valence-electron chi connectivity index (χ2n) is 4.39. The van der Waals surface area contributed by atoms with Crippen molar-refractivity contribution in [2.24, 2.45) is 5.92 Å². The smallest absolute Gasteiger partial charge is 0.319 e. The average molecular weight is 256 g/mol. The number of sulfone groups is 1. The van der Waals surface area contributed by atoms with Gasteiger partial charge in [-0.3, -0.25) is 4.79 Å². The molecule has 4 nitrogen and oxygen atoms in total. The van der Waals surface area contributed by atoms with E-state index in [2.05, 4.69) is 13.8 Å². The van der Waals surface area contributed by atoms with Gasteiger partial charge in [0.05, 0.1) is 4.90 Å². The fourth-order valence-electron chi connectivity index (χ4n) is 1.55. The molecule has 0 aliphatic rings. The number of benzene rings is 1. The van der Waals surface area contributed by atoms with Gasteiger partial charge in [0.1, 0.15) is 0 Å². The Balaban J connectivity index is 2.91. The lowest BCUT2D eigenvalue weighted by Gasteiger charge is -2.06. The normalized spacial score (nSPS) is 11.7. The molecule has 0 saturated carbocycles. The van der Waals surface area contributed by atoms with Crippen LogP contribution >= 0.6 is 0 Å². The van der Waals surface area contributed by atoms with Crippen LogP contribution in [-0.2, 0) is 21.1 Å². The van der Waals surface area contributed by atoms with Crippen molar-refractivity contribution < 1.29 is 18.3 Å². The molecule has 0 saturated heterocycles. The van der Waals surface area contributed by atoms with Crippen molar-refractivity contribution in [1.82, 2.24) is 0 Å². The van der Waals surface area contributed by atoms with Crippen molar-refractivity contribution in [3.05, 3.63) is 29.8 Å². The summed E-state index contributed by atoms with van der Waals surface area (Å²) in [6.07, 6.45) is 0.874. The first kappa shape index (κ1) is 13.7. The minimum Gasteiger partial charge on any atom is -0.480 e. The number of carboxylic acids is 1. The summed E-state index contributed by atoms with van der Waals surface area (Å²) >= 11 is 0. The zero-order valence-electron chi connectivity index (χ0n) is 9.88. The fourth-order valence-corrected chi connectivity index (χ4v) is 2.59. The third-order valence-electron chi connectivity index (χ3n) is 2.24. The number of rotatable bonds is 5. The lowest BCUT2D eigenvalue weighted by Crippen LogP contribution is -2.15. The lowest BCUT2D eigenvalue weighted by atomic mass is 10.0. The monoisotopic (exact) mass is 256 g/mol. The van der Waals surface area contributed by atoms with Crippen LogP contribution in [0.2, 0.25) is 0 Å². The van der Waals surface area contributed by atoms with E-state index >= 15 is 0 Å². The summed E-state index contributed by atoms with van der Waals surface area (Å²) in [4.78, 5) is 10.5. The number of aliphatic carboxylic acids is 1. The molecule has 0 unspecified atom stereocenters. The minimum absolute atomic E-state index is 0.0624.